The highest BCUT2D eigenvalue weighted by atomic mass is 15.4. The highest BCUT2D eigenvalue weighted by molar-refractivity contribution is 5.41. The third kappa shape index (κ3) is 4.07. The van der Waals surface area contributed by atoms with Gasteiger partial charge in [-0.05, 0) is 44.7 Å². The summed E-state index contributed by atoms with van der Waals surface area (Å²) >= 11 is 0. The van der Waals surface area contributed by atoms with Gasteiger partial charge >= 0.3 is 0 Å². The van der Waals surface area contributed by atoms with Gasteiger partial charge in [-0.1, -0.05) is 30.3 Å². The molecule has 1 N–H and O–H groups in total. The molecule has 1 aliphatic rings. The Morgan fingerprint density at radius 3 is 2.37 bits per heavy atom. The first kappa shape index (κ1) is 17.5. The van der Waals surface area contributed by atoms with Crippen LogP contribution < -0.4 is 10.2 Å². The van der Waals surface area contributed by atoms with Crippen molar-refractivity contribution >= 4 is 11.9 Å². The van der Waals surface area contributed by atoms with Crippen molar-refractivity contribution in [2.24, 2.45) is 0 Å². The number of anilines is 2. The highest BCUT2D eigenvalue weighted by Gasteiger charge is 2.18. The summed E-state index contributed by atoms with van der Waals surface area (Å²) < 4.78 is 1.79. The van der Waals surface area contributed by atoms with E-state index < -0.39 is 0 Å². The first-order chi connectivity index (χ1) is 13.2. The van der Waals surface area contributed by atoms with Gasteiger partial charge in [0.05, 0.1) is 5.69 Å². The predicted octanol–water partition coefficient (Wildman–Crippen LogP) is 3.28. The van der Waals surface area contributed by atoms with Gasteiger partial charge in [0, 0.05) is 25.3 Å². The Morgan fingerprint density at radius 2 is 1.67 bits per heavy atom. The van der Waals surface area contributed by atoms with Crippen LogP contribution in [0.5, 0.6) is 0 Å². The Balaban J connectivity index is 1.66. The van der Waals surface area contributed by atoms with E-state index >= 15 is 0 Å². The SMILES string of the molecule is Cc1cc(C)n(-c2nc(NCc3ccccc3)nc(N3CCCCC3)n2)n1. The minimum atomic E-state index is 0.562. The van der Waals surface area contributed by atoms with Crippen molar-refractivity contribution in [3.05, 3.63) is 53.3 Å². The molecule has 0 radical (unpaired) electrons. The average Bonchev–Trinajstić information content (AvgIpc) is 3.06. The molecule has 27 heavy (non-hydrogen) atoms. The first-order valence-corrected chi connectivity index (χ1v) is 9.51. The Kier molecular flexibility index (Phi) is 5.00. The third-order valence-electron chi connectivity index (χ3n) is 4.74. The number of nitrogens with one attached hydrogen (secondary N) is 1. The molecule has 4 rings (SSSR count). The van der Waals surface area contributed by atoms with Crippen LogP contribution >= 0.6 is 0 Å². The number of rotatable bonds is 5. The second kappa shape index (κ2) is 7.73. The second-order valence-electron chi connectivity index (χ2n) is 6.98. The summed E-state index contributed by atoms with van der Waals surface area (Å²) in [6.07, 6.45) is 3.62. The van der Waals surface area contributed by atoms with Crippen LogP contribution in [0.2, 0.25) is 0 Å². The summed E-state index contributed by atoms with van der Waals surface area (Å²) in [5, 5.41) is 7.89. The maximum atomic E-state index is 4.72. The molecule has 3 aromatic rings. The van der Waals surface area contributed by atoms with Crippen molar-refractivity contribution in [2.75, 3.05) is 23.3 Å². The minimum absolute atomic E-state index is 0.562. The molecule has 0 amide bonds. The van der Waals surface area contributed by atoms with E-state index in [4.69, 9.17) is 4.98 Å². The normalized spacial score (nSPS) is 14.4. The standard InChI is InChI=1S/C20H25N7/c1-15-13-16(2)27(25-15)20-23-18(21-14-17-9-5-3-6-10-17)22-19(24-20)26-11-7-4-8-12-26/h3,5-6,9-10,13H,4,7-8,11-12,14H2,1-2H3,(H,21,22,23,24). The zero-order chi connectivity index (χ0) is 18.6. The number of aromatic nitrogens is 5. The number of hydrogen-bond donors (Lipinski definition) is 1. The molecule has 1 fully saturated rings. The molecular weight excluding hydrogens is 338 g/mol. The van der Waals surface area contributed by atoms with Crippen molar-refractivity contribution in [2.45, 2.75) is 39.7 Å². The van der Waals surface area contributed by atoms with Gasteiger partial charge in [0.1, 0.15) is 0 Å². The quantitative estimate of drug-likeness (QED) is 0.750. The van der Waals surface area contributed by atoms with Crippen molar-refractivity contribution < 1.29 is 0 Å². The summed E-state index contributed by atoms with van der Waals surface area (Å²) in [7, 11) is 0. The van der Waals surface area contributed by atoms with Crippen molar-refractivity contribution in [1.29, 1.82) is 0 Å². The smallest absolute Gasteiger partial charge is 0.257 e. The molecule has 0 atom stereocenters. The molecule has 0 spiro atoms. The highest BCUT2D eigenvalue weighted by Crippen LogP contribution is 2.19. The number of aryl methyl sites for hydroxylation is 2. The largest absolute Gasteiger partial charge is 0.350 e. The van der Waals surface area contributed by atoms with Gasteiger partial charge in [-0.3, -0.25) is 0 Å². The number of hydrogen-bond acceptors (Lipinski definition) is 6. The molecule has 1 aromatic carbocycles. The van der Waals surface area contributed by atoms with Crippen LogP contribution in [0.4, 0.5) is 11.9 Å². The fourth-order valence-electron chi connectivity index (χ4n) is 3.37. The summed E-state index contributed by atoms with van der Waals surface area (Å²) in [6, 6.07) is 12.3. The maximum absolute atomic E-state index is 4.72. The van der Waals surface area contributed by atoms with Gasteiger partial charge in [-0.25, -0.2) is 4.68 Å². The lowest BCUT2D eigenvalue weighted by molar-refractivity contribution is 0.566. The average molecular weight is 363 g/mol. The van der Waals surface area contributed by atoms with E-state index in [1.807, 2.05) is 38.1 Å². The van der Waals surface area contributed by atoms with Crippen LogP contribution in [0.3, 0.4) is 0 Å². The molecule has 3 heterocycles. The van der Waals surface area contributed by atoms with Crippen molar-refractivity contribution in [1.82, 2.24) is 24.7 Å². The fraction of sp³-hybridized carbons (Fsp3) is 0.400. The van der Waals surface area contributed by atoms with E-state index in [1.165, 1.54) is 24.8 Å². The minimum Gasteiger partial charge on any atom is -0.350 e. The predicted molar refractivity (Wildman–Crippen MR) is 106 cm³/mol. The summed E-state index contributed by atoms with van der Waals surface area (Å²) in [5.41, 5.74) is 3.15. The van der Waals surface area contributed by atoms with Gasteiger partial charge in [0.2, 0.25) is 11.9 Å². The Labute approximate surface area is 159 Å². The molecule has 1 saturated heterocycles. The van der Waals surface area contributed by atoms with Crippen LogP contribution in [0.25, 0.3) is 5.95 Å². The zero-order valence-corrected chi connectivity index (χ0v) is 15.9. The topological polar surface area (TPSA) is 71.8 Å². The fourth-order valence-corrected chi connectivity index (χ4v) is 3.37. The molecule has 0 saturated carbocycles. The van der Waals surface area contributed by atoms with Gasteiger partial charge in [-0.2, -0.15) is 20.1 Å². The van der Waals surface area contributed by atoms with E-state index in [1.54, 1.807) is 4.68 Å². The van der Waals surface area contributed by atoms with Gasteiger partial charge in [0.25, 0.3) is 5.95 Å². The Hall–Kier alpha value is -2.96. The summed E-state index contributed by atoms with van der Waals surface area (Å²) in [4.78, 5) is 16.3. The lowest BCUT2D eigenvalue weighted by atomic mass is 10.1. The van der Waals surface area contributed by atoms with E-state index in [0.717, 1.165) is 30.4 Å². The summed E-state index contributed by atoms with van der Waals surface area (Å²) in [6.45, 7) is 6.63. The van der Waals surface area contributed by atoms with Crippen molar-refractivity contribution in [3.63, 3.8) is 0 Å². The number of nitrogens with zero attached hydrogens (tertiary/aromatic N) is 6. The molecule has 0 unspecified atom stereocenters. The number of benzene rings is 1. The lowest BCUT2D eigenvalue weighted by Gasteiger charge is -2.27. The van der Waals surface area contributed by atoms with Crippen LogP contribution in [0, 0.1) is 13.8 Å². The lowest BCUT2D eigenvalue weighted by Crippen LogP contribution is -2.31. The first-order valence-electron chi connectivity index (χ1n) is 9.51. The van der Waals surface area contributed by atoms with Crippen LogP contribution in [0.1, 0.15) is 36.2 Å². The maximum Gasteiger partial charge on any atom is 0.257 e. The molecule has 7 heteroatoms. The van der Waals surface area contributed by atoms with Gasteiger partial charge in [-0.15, -0.1) is 0 Å². The van der Waals surface area contributed by atoms with E-state index in [-0.39, 0.29) is 0 Å². The van der Waals surface area contributed by atoms with E-state index in [0.29, 0.717) is 18.4 Å². The number of piperidine rings is 1. The molecule has 0 aliphatic carbocycles. The molecule has 0 bridgehead atoms. The molecule has 1 aliphatic heterocycles. The zero-order valence-electron chi connectivity index (χ0n) is 15.9. The van der Waals surface area contributed by atoms with E-state index in [2.05, 4.69) is 37.4 Å². The molecule has 7 nitrogen and oxygen atoms in total. The Bertz CT molecular complexity index is 898. The summed E-state index contributed by atoms with van der Waals surface area (Å²) in [5.74, 6) is 1.87. The Morgan fingerprint density at radius 1 is 0.926 bits per heavy atom. The molecular formula is C20H25N7. The second-order valence-corrected chi connectivity index (χ2v) is 6.98. The van der Waals surface area contributed by atoms with Gasteiger partial charge in [0.15, 0.2) is 0 Å². The van der Waals surface area contributed by atoms with Crippen LogP contribution in [-0.4, -0.2) is 37.8 Å². The third-order valence-corrected chi connectivity index (χ3v) is 4.74. The molecule has 2 aromatic heterocycles. The van der Waals surface area contributed by atoms with Crippen LogP contribution in [0.15, 0.2) is 36.4 Å². The monoisotopic (exact) mass is 363 g/mol. The van der Waals surface area contributed by atoms with Crippen LogP contribution in [-0.2, 0) is 6.54 Å². The van der Waals surface area contributed by atoms with E-state index in [9.17, 15) is 0 Å². The molecule has 140 valence electrons. The van der Waals surface area contributed by atoms with Gasteiger partial charge < -0.3 is 10.2 Å². The van der Waals surface area contributed by atoms with Crippen molar-refractivity contribution in [3.8, 4) is 5.95 Å².